The monoisotopic (exact) mass is 456 g/mol. The molecule has 8 nitrogen and oxygen atoms in total. The highest BCUT2D eigenvalue weighted by Crippen LogP contribution is 2.29. The van der Waals surface area contributed by atoms with Crippen LogP contribution in [-0.2, 0) is 16.4 Å². The number of fused-ring (bicyclic) bond motifs is 1. The lowest BCUT2D eigenvalue weighted by Gasteiger charge is -2.17. The number of nitrogens with two attached hydrogens (primary N) is 1. The number of rotatable bonds is 6. The Labute approximate surface area is 194 Å². The van der Waals surface area contributed by atoms with Gasteiger partial charge in [0.1, 0.15) is 11.5 Å². The van der Waals surface area contributed by atoms with Crippen molar-refractivity contribution >= 4 is 21.7 Å². The molecule has 1 atom stereocenters. The summed E-state index contributed by atoms with van der Waals surface area (Å²) < 4.78 is 64.2. The minimum atomic E-state index is -4.46. The van der Waals surface area contributed by atoms with Crippen LogP contribution in [0.4, 0.5) is 5.82 Å². The third-order valence-electron chi connectivity index (χ3n) is 5.14. The third-order valence-corrected chi connectivity index (χ3v) is 6.73. The van der Waals surface area contributed by atoms with Crippen LogP contribution in [0, 0.1) is 0 Å². The van der Waals surface area contributed by atoms with Crippen LogP contribution in [0.15, 0.2) is 53.6 Å². The predicted molar refractivity (Wildman–Crippen MR) is 123 cm³/mol. The van der Waals surface area contributed by atoms with Gasteiger partial charge in [0.2, 0.25) is 10.0 Å². The zero-order valence-corrected chi connectivity index (χ0v) is 17.9. The molecule has 2 heterocycles. The number of sulfonamides is 1. The molecule has 1 amide bonds. The lowest BCUT2D eigenvalue weighted by Crippen LogP contribution is -2.31. The number of benzene rings is 2. The van der Waals surface area contributed by atoms with Crippen molar-refractivity contribution in [1.29, 1.82) is 0 Å². The van der Waals surface area contributed by atoms with Crippen molar-refractivity contribution in [3.8, 4) is 22.5 Å². The zero-order chi connectivity index (χ0) is 27.0. The van der Waals surface area contributed by atoms with Crippen molar-refractivity contribution < 1.29 is 20.1 Å². The number of nitrogen functional groups attached to an aromatic ring is 1. The molecular weight excluding hydrogens is 426 g/mol. The molecule has 3 aromatic rings. The lowest BCUT2D eigenvalue weighted by molar-refractivity contribution is 0.0946. The average Bonchev–Trinajstić information content (AvgIpc) is 2.86. The number of hydrogen-bond acceptors (Lipinski definition) is 6. The first kappa shape index (κ1) is 16.3. The predicted octanol–water partition coefficient (Wildman–Crippen LogP) is 2.71. The summed E-state index contributed by atoms with van der Waals surface area (Å²) >= 11 is 0. The van der Waals surface area contributed by atoms with Crippen LogP contribution >= 0.6 is 0 Å². The van der Waals surface area contributed by atoms with Crippen molar-refractivity contribution in [2.24, 2.45) is 0 Å². The number of nitrogens with one attached hydrogen (secondary N) is 1. The highest BCUT2D eigenvalue weighted by Gasteiger charge is 2.21. The van der Waals surface area contributed by atoms with Gasteiger partial charge in [-0.2, -0.15) is 0 Å². The lowest BCUT2D eigenvalue weighted by atomic mass is 9.96. The van der Waals surface area contributed by atoms with E-state index in [1.165, 1.54) is 30.5 Å². The van der Waals surface area contributed by atoms with E-state index in [-0.39, 0.29) is 20.9 Å². The molecule has 1 aromatic heterocycles. The average molecular weight is 457 g/mol. The van der Waals surface area contributed by atoms with Crippen LogP contribution in [0.3, 0.4) is 0 Å². The maximum absolute atomic E-state index is 13.1. The summed E-state index contributed by atoms with van der Waals surface area (Å²) in [6.07, 6.45) is 0.923. The fourth-order valence-electron chi connectivity index (χ4n) is 3.47. The second-order valence-electron chi connectivity index (χ2n) is 7.22. The molecule has 0 fully saturated rings. The number of carbonyl (C=O) groups is 1. The molecule has 0 bridgehead atoms. The highest BCUT2D eigenvalue weighted by atomic mass is 32.2. The molecule has 166 valence electrons. The summed E-state index contributed by atoms with van der Waals surface area (Å²) in [6.45, 7) is -3.52. The van der Waals surface area contributed by atoms with Gasteiger partial charge in [0.15, 0.2) is 0 Å². The van der Waals surface area contributed by atoms with E-state index in [0.29, 0.717) is 41.0 Å². The number of aromatic nitrogens is 2. The molecule has 1 aliphatic rings. The Balaban J connectivity index is 1.66. The van der Waals surface area contributed by atoms with E-state index in [1.54, 1.807) is 12.1 Å². The molecule has 1 unspecified atom stereocenters. The van der Waals surface area contributed by atoms with Crippen molar-refractivity contribution in [3.63, 3.8) is 0 Å². The fraction of sp³-hybridized carbons (Fsp3) is 0.261. The second kappa shape index (κ2) is 8.68. The summed E-state index contributed by atoms with van der Waals surface area (Å²) in [5.74, 6) is 0.0569. The van der Waals surface area contributed by atoms with Crippen molar-refractivity contribution in [3.05, 3.63) is 59.8 Å². The minimum absolute atomic E-state index is 0.134. The molecule has 0 saturated carbocycles. The van der Waals surface area contributed by atoms with Crippen LogP contribution in [0.25, 0.3) is 22.5 Å². The van der Waals surface area contributed by atoms with Crippen LogP contribution in [0.1, 0.15) is 36.1 Å². The quantitative estimate of drug-likeness (QED) is 0.589. The van der Waals surface area contributed by atoms with Crippen LogP contribution in [0.2, 0.25) is 0 Å². The van der Waals surface area contributed by atoms with Crippen LogP contribution in [0.5, 0.6) is 0 Å². The Morgan fingerprint density at radius 3 is 2.75 bits per heavy atom. The van der Waals surface area contributed by atoms with Gasteiger partial charge >= 0.3 is 0 Å². The Bertz CT molecular complexity index is 1430. The molecule has 1 aliphatic heterocycles. The topological polar surface area (TPSA) is 118 Å². The first-order chi connectivity index (χ1) is 17.4. The van der Waals surface area contributed by atoms with Gasteiger partial charge in [0.05, 0.1) is 16.8 Å². The minimum Gasteiger partial charge on any atom is -0.382 e. The van der Waals surface area contributed by atoms with Gasteiger partial charge in [-0.1, -0.05) is 25.1 Å². The standard InChI is InChI=1S/C23H25N5O3S/c1-3-12-28(2)32(30,31)18-7-4-15(5-8-18)20-14-26-22(24)21(27-20)17-6-9-19-16(13-17)10-11-25-23(19)29/h4-9,13-14H,3,10-12H2,1-2H3,(H2,24,26)(H,25,29)/i1D,2D3,3D. The normalized spacial score (nSPS) is 17.3. The Morgan fingerprint density at radius 2 is 2.00 bits per heavy atom. The summed E-state index contributed by atoms with van der Waals surface area (Å²) in [5, 5.41) is 2.80. The van der Waals surface area contributed by atoms with E-state index < -0.39 is 36.8 Å². The first-order valence-corrected chi connectivity index (χ1v) is 11.2. The SMILES string of the molecule is [2H]CC([2H])CN(C([2H])([2H])[2H])S(=O)(=O)c1ccc(-c2cnc(N)c(-c3ccc4c(c3)CCNC4=O)n2)cc1. The first-order valence-electron chi connectivity index (χ1n) is 12.6. The van der Waals surface area contributed by atoms with E-state index in [1.807, 2.05) is 6.07 Å². The molecule has 0 saturated heterocycles. The Morgan fingerprint density at radius 1 is 1.22 bits per heavy atom. The van der Waals surface area contributed by atoms with Crippen LogP contribution < -0.4 is 11.1 Å². The molecule has 3 N–H and O–H groups in total. The van der Waals surface area contributed by atoms with Gasteiger partial charge in [0.25, 0.3) is 5.91 Å². The maximum Gasteiger partial charge on any atom is 0.251 e. The van der Waals surface area contributed by atoms with Crippen molar-refractivity contribution in [2.75, 3.05) is 25.8 Å². The van der Waals surface area contributed by atoms with Crippen LogP contribution in [-0.4, -0.2) is 48.7 Å². The maximum atomic E-state index is 13.1. The number of anilines is 1. The third kappa shape index (κ3) is 4.09. The summed E-state index contributed by atoms with van der Waals surface area (Å²) in [7, 11) is -4.46. The van der Waals surface area contributed by atoms with E-state index in [2.05, 4.69) is 15.3 Å². The summed E-state index contributed by atoms with van der Waals surface area (Å²) in [5.41, 5.74) is 9.60. The highest BCUT2D eigenvalue weighted by molar-refractivity contribution is 7.89. The number of amides is 1. The fourth-order valence-corrected chi connectivity index (χ4v) is 4.50. The second-order valence-corrected chi connectivity index (χ2v) is 9.08. The summed E-state index contributed by atoms with van der Waals surface area (Å²) in [4.78, 5) is 20.6. The van der Waals surface area contributed by atoms with Gasteiger partial charge in [-0.05, 0) is 42.6 Å². The molecule has 9 heteroatoms. The van der Waals surface area contributed by atoms with Gasteiger partial charge < -0.3 is 11.1 Å². The largest absolute Gasteiger partial charge is 0.382 e. The van der Waals surface area contributed by atoms with Crippen molar-refractivity contribution in [1.82, 2.24) is 19.6 Å². The molecule has 4 rings (SSSR count). The van der Waals surface area contributed by atoms with Gasteiger partial charge in [-0.3, -0.25) is 4.79 Å². The molecule has 0 spiro atoms. The summed E-state index contributed by atoms with van der Waals surface area (Å²) in [6, 6.07) is 10.8. The zero-order valence-electron chi connectivity index (χ0n) is 22.1. The van der Waals surface area contributed by atoms with Crippen molar-refractivity contribution in [2.45, 2.75) is 24.6 Å². The van der Waals surface area contributed by atoms with E-state index in [0.717, 1.165) is 5.56 Å². The van der Waals surface area contributed by atoms with Gasteiger partial charge in [-0.15, -0.1) is 0 Å². The number of hydrogen-bond donors (Lipinski definition) is 2. The molecule has 0 aliphatic carbocycles. The Kier molecular flexibility index (Phi) is 4.43. The molecule has 32 heavy (non-hydrogen) atoms. The molecule has 2 aromatic carbocycles. The molecular formula is C23H25N5O3S. The van der Waals surface area contributed by atoms with Gasteiger partial charge in [-0.25, -0.2) is 22.7 Å². The number of carbonyl (C=O) groups excluding carboxylic acids is 1. The smallest absolute Gasteiger partial charge is 0.251 e. The van der Waals surface area contributed by atoms with Gasteiger partial charge in [0, 0.05) is 43.6 Å². The molecule has 0 radical (unpaired) electrons. The van der Waals surface area contributed by atoms with E-state index in [9.17, 15) is 13.2 Å². The van der Waals surface area contributed by atoms with E-state index >= 15 is 0 Å². The van der Waals surface area contributed by atoms with E-state index in [4.69, 9.17) is 12.6 Å². The Hall–Kier alpha value is -3.30. The number of nitrogens with zero attached hydrogens (tertiary/aromatic N) is 3.